The van der Waals surface area contributed by atoms with Crippen LogP contribution in [0.1, 0.15) is 12.5 Å². The molecule has 0 heterocycles. The number of benzene rings is 2. The van der Waals surface area contributed by atoms with E-state index in [1.807, 2.05) is 0 Å². The van der Waals surface area contributed by atoms with E-state index in [9.17, 15) is 9.59 Å². The summed E-state index contributed by atoms with van der Waals surface area (Å²) in [5, 5.41) is 3.83. The molecule has 0 aliphatic carbocycles. The van der Waals surface area contributed by atoms with Gasteiger partial charge in [0.1, 0.15) is 17.2 Å². The van der Waals surface area contributed by atoms with E-state index < -0.39 is 11.9 Å². The second kappa shape index (κ2) is 9.07. The first-order valence-corrected chi connectivity index (χ1v) is 7.44. The molecule has 0 bridgehead atoms. The molecular weight excluding hydrogens is 324 g/mol. The number of rotatable bonds is 7. The molecule has 0 spiro atoms. The molecule has 0 unspecified atom stereocenters. The molecule has 0 atom stereocenters. The second-order valence-corrected chi connectivity index (χ2v) is 4.89. The largest absolute Gasteiger partial charge is 0.497 e. The number of carbonyl (C=O) groups excluding carboxylic acids is 2. The van der Waals surface area contributed by atoms with Gasteiger partial charge >= 0.3 is 5.97 Å². The van der Waals surface area contributed by atoms with Crippen LogP contribution in [0.15, 0.2) is 53.6 Å². The molecule has 2 rings (SSSR count). The quantitative estimate of drug-likeness (QED) is 0.361. The van der Waals surface area contributed by atoms with Crippen LogP contribution in [-0.4, -0.2) is 31.8 Å². The van der Waals surface area contributed by atoms with E-state index in [-0.39, 0.29) is 6.61 Å². The van der Waals surface area contributed by atoms with Crippen LogP contribution in [0.5, 0.6) is 17.2 Å². The first-order valence-electron chi connectivity index (χ1n) is 7.44. The number of esters is 1. The second-order valence-electron chi connectivity index (χ2n) is 4.89. The maximum atomic E-state index is 11.7. The zero-order chi connectivity index (χ0) is 18.1. The van der Waals surface area contributed by atoms with Crippen molar-refractivity contribution >= 4 is 18.1 Å². The van der Waals surface area contributed by atoms with Crippen LogP contribution in [0.25, 0.3) is 0 Å². The number of nitrogens with one attached hydrogen (secondary N) is 1. The summed E-state index contributed by atoms with van der Waals surface area (Å²) < 4.78 is 15.4. The number of para-hydroxylation sites is 1. The van der Waals surface area contributed by atoms with Crippen molar-refractivity contribution < 1.29 is 23.8 Å². The van der Waals surface area contributed by atoms with Crippen molar-refractivity contribution in [3.8, 4) is 17.2 Å². The predicted molar refractivity (Wildman–Crippen MR) is 92.0 cm³/mol. The van der Waals surface area contributed by atoms with Gasteiger partial charge in [-0.05, 0) is 36.4 Å². The fourth-order valence-electron chi connectivity index (χ4n) is 1.86. The van der Waals surface area contributed by atoms with Gasteiger partial charge in [-0.2, -0.15) is 5.10 Å². The average Bonchev–Trinajstić information content (AvgIpc) is 2.61. The number of hydrazone groups is 1. The highest BCUT2D eigenvalue weighted by Crippen LogP contribution is 2.17. The third-order valence-electron chi connectivity index (χ3n) is 2.99. The van der Waals surface area contributed by atoms with E-state index in [1.54, 1.807) is 55.6 Å². The van der Waals surface area contributed by atoms with E-state index >= 15 is 0 Å². The third-order valence-corrected chi connectivity index (χ3v) is 2.99. The molecule has 0 saturated carbocycles. The van der Waals surface area contributed by atoms with Crippen LogP contribution in [-0.2, 0) is 9.59 Å². The molecule has 7 heteroatoms. The Hall–Kier alpha value is -3.35. The molecule has 2 aromatic rings. The Labute approximate surface area is 145 Å². The molecule has 1 amide bonds. The Kier molecular flexibility index (Phi) is 6.53. The highest BCUT2D eigenvalue weighted by molar-refractivity contribution is 5.86. The van der Waals surface area contributed by atoms with Crippen molar-refractivity contribution in [1.82, 2.24) is 5.43 Å². The number of methoxy groups -OCH3 is 1. The molecule has 0 saturated heterocycles. The van der Waals surface area contributed by atoms with Crippen molar-refractivity contribution in [2.45, 2.75) is 6.92 Å². The lowest BCUT2D eigenvalue weighted by Crippen LogP contribution is -2.24. The van der Waals surface area contributed by atoms with Gasteiger partial charge in [0.05, 0.1) is 13.3 Å². The van der Waals surface area contributed by atoms with Crippen molar-refractivity contribution in [2.24, 2.45) is 5.10 Å². The summed E-state index contributed by atoms with van der Waals surface area (Å²) in [6.07, 6.45) is 1.39. The molecule has 1 N–H and O–H groups in total. The van der Waals surface area contributed by atoms with Gasteiger partial charge in [0.2, 0.25) is 0 Å². The van der Waals surface area contributed by atoms with Gasteiger partial charge < -0.3 is 14.2 Å². The molecule has 7 nitrogen and oxygen atoms in total. The number of hydrogen-bond donors (Lipinski definition) is 1. The summed E-state index contributed by atoms with van der Waals surface area (Å²) in [6, 6.07) is 13.7. The third kappa shape index (κ3) is 5.98. The molecule has 0 radical (unpaired) electrons. The van der Waals surface area contributed by atoms with E-state index in [4.69, 9.17) is 14.2 Å². The van der Waals surface area contributed by atoms with Gasteiger partial charge in [-0.15, -0.1) is 0 Å². The van der Waals surface area contributed by atoms with Crippen molar-refractivity contribution in [1.29, 1.82) is 0 Å². The van der Waals surface area contributed by atoms with Crippen LogP contribution in [0, 0.1) is 0 Å². The Morgan fingerprint density at radius 2 is 1.76 bits per heavy atom. The van der Waals surface area contributed by atoms with Gasteiger partial charge in [0, 0.05) is 12.5 Å². The summed E-state index contributed by atoms with van der Waals surface area (Å²) in [4.78, 5) is 22.8. The molecule has 25 heavy (non-hydrogen) atoms. The molecular formula is C18H18N2O5. The highest BCUT2D eigenvalue weighted by atomic mass is 16.5. The van der Waals surface area contributed by atoms with Crippen LogP contribution >= 0.6 is 0 Å². The van der Waals surface area contributed by atoms with Crippen LogP contribution in [0.3, 0.4) is 0 Å². The molecule has 2 aromatic carbocycles. The van der Waals surface area contributed by atoms with Crippen LogP contribution in [0.4, 0.5) is 0 Å². The lowest BCUT2D eigenvalue weighted by Gasteiger charge is -2.06. The van der Waals surface area contributed by atoms with Gasteiger partial charge in [-0.1, -0.05) is 12.1 Å². The molecule has 0 aliphatic heterocycles. The standard InChI is InChI=1S/C18H18N2O5/c1-13(21)25-17-6-4-3-5-14(17)11-19-20-18(22)12-24-16-9-7-15(23-2)8-10-16/h3-11H,12H2,1-2H3,(H,20,22)/b19-11+. The minimum absolute atomic E-state index is 0.185. The number of nitrogens with zero attached hydrogens (tertiary/aromatic N) is 1. The lowest BCUT2D eigenvalue weighted by molar-refractivity contribution is -0.132. The average molecular weight is 342 g/mol. The van der Waals surface area contributed by atoms with Gasteiger partial charge in [0.15, 0.2) is 6.61 Å². The Morgan fingerprint density at radius 1 is 1.08 bits per heavy atom. The van der Waals surface area contributed by atoms with Gasteiger partial charge in [-0.3, -0.25) is 9.59 Å². The summed E-state index contributed by atoms with van der Waals surface area (Å²) in [5.74, 6) is 0.755. The summed E-state index contributed by atoms with van der Waals surface area (Å²) >= 11 is 0. The minimum Gasteiger partial charge on any atom is -0.497 e. The fraction of sp³-hybridized carbons (Fsp3) is 0.167. The van der Waals surface area contributed by atoms with E-state index in [0.717, 1.165) is 0 Å². The van der Waals surface area contributed by atoms with Crippen LogP contribution < -0.4 is 19.6 Å². The Bertz CT molecular complexity index is 756. The number of hydrogen-bond acceptors (Lipinski definition) is 6. The maximum absolute atomic E-state index is 11.7. The normalized spacial score (nSPS) is 10.3. The number of carbonyl (C=O) groups is 2. The maximum Gasteiger partial charge on any atom is 0.308 e. The SMILES string of the molecule is COc1ccc(OCC(=O)N/N=C/c2ccccc2OC(C)=O)cc1. The lowest BCUT2D eigenvalue weighted by atomic mass is 10.2. The highest BCUT2D eigenvalue weighted by Gasteiger charge is 2.04. The zero-order valence-corrected chi connectivity index (χ0v) is 13.9. The molecule has 130 valence electrons. The van der Waals surface area contributed by atoms with Gasteiger partial charge in [-0.25, -0.2) is 5.43 Å². The topological polar surface area (TPSA) is 86.2 Å². The molecule has 0 fully saturated rings. The summed E-state index contributed by atoms with van der Waals surface area (Å²) in [5.41, 5.74) is 2.91. The summed E-state index contributed by atoms with van der Waals surface area (Å²) in [7, 11) is 1.57. The van der Waals surface area contributed by atoms with E-state index in [2.05, 4.69) is 10.5 Å². The number of amides is 1. The molecule has 0 aliphatic rings. The van der Waals surface area contributed by atoms with Crippen molar-refractivity contribution in [3.63, 3.8) is 0 Å². The minimum atomic E-state index is -0.433. The van der Waals surface area contributed by atoms with Crippen molar-refractivity contribution in [3.05, 3.63) is 54.1 Å². The smallest absolute Gasteiger partial charge is 0.308 e. The van der Waals surface area contributed by atoms with Crippen LogP contribution in [0.2, 0.25) is 0 Å². The summed E-state index contributed by atoms with van der Waals surface area (Å²) in [6.45, 7) is 1.13. The van der Waals surface area contributed by atoms with Crippen molar-refractivity contribution in [2.75, 3.05) is 13.7 Å². The first kappa shape index (κ1) is 18.0. The zero-order valence-electron chi connectivity index (χ0n) is 13.9. The van der Waals surface area contributed by atoms with E-state index in [1.165, 1.54) is 13.1 Å². The van der Waals surface area contributed by atoms with Gasteiger partial charge in [0.25, 0.3) is 5.91 Å². The van der Waals surface area contributed by atoms with E-state index in [0.29, 0.717) is 22.8 Å². The number of ether oxygens (including phenoxy) is 3. The Balaban J connectivity index is 1.85. The predicted octanol–water partition coefficient (Wildman–Crippen LogP) is 2.15. The monoisotopic (exact) mass is 342 g/mol. The molecule has 0 aromatic heterocycles. The first-order chi connectivity index (χ1) is 12.1. The Morgan fingerprint density at radius 3 is 2.44 bits per heavy atom. The fourth-order valence-corrected chi connectivity index (χ4v) is 1.86.